The third-order valence-corrected chi connectivity index (χ3v) is 7.79. The van der Waals surface area contributed by atoms with Crippen molar-refractivity contribution in [3.63, 3.8) is 0 Å². The molecule has 0 bridgehead atoms. The van der Waals surface area contributed by atoms with Crippen LogP contribution >= 0.6 is 23.4 Å². The average Bonchev–Trinajstić information content (AvgIpc) is 2.99. The average molecular weight is 582 g/mol. The molecule has 0 radical (unpaired) electrons. The fourth-order valence-electron chi connectivity index (χ4n) is 4.37. The van der Waals surface area contributed by atoms with Crippen LogP contribution in [0.5, 0.6) is 11.5 Å². The minimum Gasteiger partial charge on any atom is -0.493 e. The maximum Gasteiger partial charge on any atom is 0.232 e. The number of methoxy groups -OCH3 is 2. The largest absolute Gasteiger partial charge is 0.493 e. The van der Waals surface area contributed by atoms with Crippen molar-refractivity contribution in [2.45, 2.75) is 11.6 Å². The molecule has 1 aromatic heterocycles. The van der Waals surface area contributed by atoms with Gasteiger partial charge in [-0.3, -0.25) is 9.69 Å². The number of nitrogens with zero attached hydrogens (tertiary/aromatic N) is 5. The Morgan fingerprint density at radius 3 is 2.50 bits per heavy atom. The highest BCUT2D eigenvalue weighted by Crippen LogP contribution is 2.28. The van der Waals surface area contributed by atoms with Crippen molar-refractivity contribution in [2.24, 2.45) is 0 Å². The molecule has 1 amide bonds. The molecule has 1 aliphatic rings. The Bertz CT molecular complexity index is 1290. The highest BCUT2D eigenvalue weighted by molar-refractivity contribution is 7.99. The molecule has 40 heavy (non-hydrogen) atoms. The number of benzene rings is 2. The number of ether oxygens (including phenoxy) is 2. The Hall–Kier alpha value is -3.27. The fraction of sp³-hybridized carbons (Fsp3) is 0.367. The lowest BCUT2D eigenvalue weighted by atomic mass is 10.1. The summed E-state index contributed by atoms with van der Waals surface area (Å²) < 4.78 is 10.7. The van der Waals surface area contributed by atoms with Gasteiger partial charge in [0.05, 0.1) is 20.0 Å². The van der Waals surface area contributed by atoms with Crippen LogP contribution in [0, 0.1) is 0 Å². The molecule has 8 nitrogen and oxygen atoms in total. The first-order chi connectivity index (χ1) is 19.4. The Labute approximate surface area is 245 Å². The number of carbonyl (C=O) groups is 1. The van der Waals surface area contributed by atoms with E-state index >= 15 is 0 Å². The van der Waals surface area contributed by atoms with Crippen LogP contribution in [0.3, 0.4) is 0 Å². The van der Waals surface area contributed by atoms with Gasteiger partial charge < -0.3 is 19.3 Å². The van der Waals surface area contributed by atoms with Crippen LogP contribution < -0.4 is 14.4 Å². The van der Waals surface area contributed by atoms with E-state index in [-0.39, 0.29) is 11.7 Å². The molecule has 1 fully saturated rings. The van der Waals surface area contributed by atoms with Gasteiger partial charge in [0.1, 0.15) is 11.0 Å². The van der Waals surface area contributed by atoms with Gasteiger partial charge in [0, 0.05) is 52.4 Å². The molecule has 1 saturated heterocycles. The molecule has 0 saturated carbocycles. The predicted molar refractivity (Wildman–Crippen MR) is 163 cm³/mol. The lowest BCUT2D eigenvalue weighted by Gasteiger charge is -2.35. The predicted octanol–water partition coefficient (Wildman–Crippen LogP) is 4.78. The topological polar surface area (TPSA) is 71.0 Å². The summed E-state index contributed by atoms with van der Waals surface area (Å²) in [7, 11) is 5.04. The zero-order valence-electron chi connectivity index (χ0n) is 23.3. The molecule has 0 N–H and O–H groups in total. The molecular weight excluding hydrogens is 546 g/mol. The van der Waals surface area contributed by atoms with E-state index in [0.717, 1.165) is 44.1 Å². The van der Waals surface area contributed by atoms with Crippen molar-refractivity contribution in [3.05, 3.63) is 77.0 Å². The van der Waals surface area contributed by atoms with E-state index in [1.165, 1.54) is 17.3 Å². The van der Waals surface area contributed by atoms with Gasteiger partial charge in [-0.2, -0.15) is 0 Å². The van der Waals surface area contributed by atoms with Gasteiger partial charge >= 0.3 is 0 Å². The normalized spacial score (nSPS) is 13.9. The molecule has 0 unspecified atom stereocenters. The third kappa shape index (κ3) is 8.61. The number of hydrogen-bond donors (Lipinski definition) is 0. The molecule has 1 aliphatic heterocycles. The molecule has 3 aromatic rings. The van der Waals surface area contributed by atoms with E-state index in [0.29, 0.717) is 34.8 Å². The summed E-state index contributed by atoms with van der Waals surface area (Å²) in [5.74, 6) is 2.42. The number of likely N-dealkylation sites (N-methyl/N-ethyl adjacent to an activating group) is 1. The molecular formula is C30H36ClN5O3S. The van der Waals surface area contributed by atoms with E-state index in [2.05, 4.69) is 39.1 Å². The number of hydrogen-bond acceptors (Lipinski definition) is 8. The molecule has 0 atom stereocenters. The summed E-state index contributed by atoms with van der Waals surface area (Å²) in [5, 5.41) is 0.896. The highest BCUT2D eigenvalue weighted by atomic mass is 35.5. The monoisotopic (exact) mass is 581 g/mol. The van der Waals surface area contributed by atoms with Crippen molar-refractivity contribution in [3.8, 4) is 11.5 Å². The fourth-order valence-corrected chi connectivity index (χ4v) is 5.39. The Kier molecular flexibility index (Phi) is 11.1. The van der Waals surface area contributed by atoms with Gasteiger partial charge in [-0.25, -0.2) is 9.97 Å². The standard InChI is InChI=1S/C30H36ClN5O3S/c1-34(15-13-24-11-12-25(38-2)26(20-24)39-3)29(37)22-40-30-32-27(31)21-28(33-30)36-18-16-35(17-19-36)14-7-10-23-8-5-4-6-9-23/h4-12,20-21H,13-19,22H2,1-3H3/b10-7+. The van der Waals surface area contributed by atoms with E-state index in [1.807, 2.05) is 43.4 Å². The summed E-state index contributed by atoms with van der Waals surface area (Å²) in [4.78, 5) is 28.2. The van der Waals surface area contributed by atoms with Crippen LogP contribution in [0.15, 0.2) is 65.8 Å². The van der Waals surface area contributed by atoms with Crippen LogP contribution in [0.1, 0.15) is 11.1 Å². The van der Waals surface area contributed by atoms with E-state index < -0.39 is 0 Å². The first-order valence-corrected chi connectivity index (χ1v) is 14.6. The first-order valence-electron chi connectivity index (χ1n) is 13.3. The Morgan fingerprint density at radius 2 is 1.77 bits per heavy atom. The molecule has 10 heteroatoms. The minimum absolute atomic E-state index is 0.00720. The second kappa shape index (κ2) is 14.9. The molecule has 2 aromatic carbocycles. The number of thioether (sulfide) groups is 1. The number of carbonyl (C=O) groups excluding carboxylic acids is 1. The maximum atomic E-state index is 12.8. The summed E-state index contributed by atoms with van der Waals surface area (Å²) >= 11 is 7.65. The Morgan fingerprint density at radius 1 is 1.02 bits per heavy atom. The van der Waals surface area contributed by atoms with Crippen molar-refractivity contribution in [1.29, 1.82) is 0 Å². The molecule has 0 spiro atoms. The summed E-state index contributed by atoms with van der Waals surface area (Å²) in [6, 6.07) is 17.9. The number of anilines is 1. The van der Waals surface area contributed by atoms with Crippen LogP contribution in [-0.2, 0) is 11.2 Å². The minimum atomic E-state index is 0.00720. The van der Waals surface area contributed by atoms with Crippen LogP contribution in [0.25, 0.3) is 6.08 Å². The zero-order chi connectivity index (χ0) is 28.3. The molecule has 212 valence electrons. The van der Waals surface area contributed by atoms with Crippen LogP contribution in [-0.4, -0.2) is 92.0 Å². The van der Waals surface area contributed by atoms with E-state index in [9.17, 15) is 4.79 Å². The Balaban J connectivity index is 1.24. The van der Waals surface area contributed by atoms with Crippen molar-refractivity contribution in [1.82, 2.24) is 19.8 Å². The first kappa shape index (κ1) is 29.7. The van der Waals surface area contributed by atoms with Gasteiger partial charge in [0.25, 0.3) is 0 Å². The van der Waals surface area contributed by atoms with Crippen molar-refractivity contribution in [2.75, 3.05) is 71.2 Å². The van der Waals surface area contributed by atoms with E-state index in [1.54, 1.807) is 25.2 Å². The van der Waals surface area contributed by atoms with Crippen molar-refractivity contribution < 1.29 is 14.3 Å². The molecule has 0 aliphatic carbocycles. The van der Waals surface area contributed by atoms with Gasteiger partial charge in [0.2, 0.25) is 5.91 Å². The lowest BCUT2D eigenvalue weighted by molar-refractivity contribution is -0.127. The number of rotatable bonds is 12. The number of halogens is 1. The smallest absolute Gasteiger partial charge is 0.232 e. The highest BCUT2D eigenvalue weighted by Gasteiger charge is 2.19. The van der Waals surface area contributed by atoms with Crippen LogP contribution in [0.2, 0.25) is 5.15 Å². The van der Waals surface area contributed by atoms with Crippen LogP contribution in [0.4, 0.5) is 5.82 Å². The second-order valence-electron chi connectivity index (χ2n) is 9.48. The zero-order valence-corrected chi connectivity index (χ0v) is 24.8. The lowest BCUT2D eigenvalue weighted by Crippen LogP contribution is -2.46. The third-order valence-electron chi connectivity index (χ3n) is 6.76. The number of amides is 1. The summed E-state index contributed by atoms with van der Waals surface area (Å²) in [6.45, 7) is 5.08. The van der Waals surface area contributed by atoms with Gasteiger partial charge in [-0.05, 0) is 29.7 Å². The maximum absolute atomic E-state index is 12.8. The van der Waals surface area contributed by atoms with Gasteiger partial charge in [-0.15, -0.1) is 0 Å². The SMILES string of the molecule is COc1ccc(CCN(C)C(=O)CSc2nc(Cl)cc(N3CCN(C/C=C/c4ccccc4)CC3)n2)cc1OC. The number of aromatic nitrogens is 2. The summed E-state index contributed by atoms with van der Waals surface area (Å²) in [6.07, 6.45) is 5.08. The van der Waals surface area contributed by atoms with Gasteiger partial charge in [-0.1, -0.05) is 71.9 Å². The number of piperazine rings is 1. The second-order valence-corrected chi connectivity index (χ2v) is 10.8. The van der Waals surface area contributed by atoms with Crippen molar-refractivity contribution >= 4 is 41.2 Å². The van der Waals surface area contributed by atoms with E-state index in [4.69, 9.17) is 26.1 Å². The molecule has 4 rings (SSSR count). The molecule has 2 heterocycles. The summed E-state index contributed by atoms with van der Waals surface area (Å²) in [5.41, 5.74) is 2.28. The van der Waals surface area contributed by atoms with Gasteiger partial charge in [0.15, 0.2) is 16.7 Å². The quantitative estimate of drug-likeness (QED) is 0.172.